The molecule has 2 heterocycles. The summed E-state index contributed by atoms with van der Waals surface area (Å²) < 4.78 is 2.09. The first-order valence-electron chi connectivity index (χ1n) is 13.2. The topological polar surface area (TPSA) is 91.8 Å². The Hall–Kier alpha value is -4.30. The minimum atomic E-state index is -0.954. The van der Waals surface area contributed by atoms with Gasteiger partial charge in [-0.1, -0.05) is 35.9 Å². The Morgan fingerprint density at radius 2 is 1.50 bits per heavy atom. The molecule has 0 saturated carbocycles. The molecule has 4 aromatic rings. The number of carbonyl (C=O) groups is 1. The van der Waals surface area contributed by atoms with Gasteiger partial charge in [0.2, 0.25) is 0 Å². The summed E-state index contributed by atoms with van der Waals surface area (Å²) >= 11 is 6.18. The Kier molecular flexibility index (Phi) is 7.54. The van der Waals surface area contributed by atoms with Crippen LogP contribution < -0.4 is 9.80 Å². The minimum absolute atomic E-state index is 0.0493. The van der Waals surface area contributed by atoms with Crippen molar-refractivity contribution in [3.63, 3.8) is 0 Å². The zero-order valence-electron chi connectivity index (χ0n) is 22.7. The first-order valence-corrected chi connectivity index (χ1v) is 13.6. The fourth-order valence-corrected chi connectivity index (χ4v) is 5.78. The minimum Gasteiger partial charge on any atom is -0.478 e. The predicted molar refractivity (Wildman–Crippen MR) is 160 cm³/mol. The van der Waals surface area contributed by atoms with E-state index in [0.29, 0.717) is 21.8 Å². The molecule has 0 bridgehead atoms. The summed E-state index contributed by atoms with van der Waals surface area (Å²) in [6, 6.07) is 22.3. The molecule has 0 atom stereocenters. The van der Waals surface area contributed by atoms with Crippen molar-refractivity contribution in [2.75, 3.05) is 36.0 Å². The lowest BCUT2D eigenvalue weighted by atomic mass is 9.96. The maximum Gasteiger partial charge on any atom is 0.338 e. The molecule has 1 aliphatic rings. The third-order valence-corrected chi connectivity index (χ3v) is 7.76. The van der Waals surface area contributed by atoms with Gasteiger partial charge >= 0.3 is 5.97 Å². The molecule has 0 unspecified atom stereocenters. The van der Waals surface area contributed by atoms with Crippen LogP contribution in [0.5, 0.6) is 0 Å². The average molecular weight is 559 g/mol. The molecule has 0 aliphatic carbocycles. The van der Waals surface area contributed by atoms with E-state index in [0.717, 1.165) is 54.4 Å². The van der Waals surface area contributed by atoms with Crippen LogP contribution in [-0.4, -0.2) is 46.7 Å². The fourth-order valence-electron chi connectivity index (χ4n) is 5.65. The van der Waals surface area contributed by atoms with E-state index >= 15 is 0 Å². The summed E-state index contributed by atoms with van der Waals surface area (Å²) in [5, 5.41) is 21.9. The summed E-state index contributed by atoms with van der Waals surface area (Å²) in [4.78, 5) is 27.7. The molecule has 40 heavy (non-hydrogen) atoms. The highest BCUT2D eigenvalue weighted by Gasteiger charge is 2.28. The predicted octanol–water partition coefficient (Wildman–Crippen LogP) is 7.30. The molecule has 3 aromatic carbocycles. The first kappa shape index (κ1) is 27.3. The molecule has 1 aliphatic heterocycles. The molecule has 5 rings (SSSR count). The van der Waals surface area contributed by atoms with Crippen molar-refractivity contribution in [2.24, 2.45) is 0 Å². The quantitative estimate of drug-likeness (QED) is 0.189. The molecular weight excluding hydrogens is 528 g/mol. The number of benzene rings is 3. The van der Waals surface area contributed by atoms with Crippen molar-refractivity contribution in [2.45, 2.75) is 26.8 Å². The van der Waals surface area contributed by atoms with Crippen LogP contribution in [0.2, 0.25) is 5.02 Å². The number of anilines is 2. The number of nitrogens with zero attached hydrogens (tertiary/aromatic N) is 4. The highest BCUT2D eigenvalue weighted by atomic mass is 35.5. The average Bonchev–Trinajstić information content (AvgIpc) is 3.27. The van der Waals surface area contributed by atoms with Gasteiger partial charge in [0.15, 0.2) is 0 Å². The summed E-state index contributed by atoms with van der Waals surface area (Å²) in [6.07, 6.45) is 0. The van der Waals surface area contributed by atoms with Crippen LogP contribution >= 0.6 is 11.6 Å². The van der Waals surface area contributed by atoms with Crippen molar-refractivity contribution >= 4 is 34.6 Å². The third-order valence-electron chi connectivity index (χ3n) is 7.50. The number of rotatable bonds is 7. The van der Waals surface area contributed by atoms with E-state index in [-0.39, 0.29) is 16.7 Å². The monoisotopic (exact) mass is 558 g/mol. The maximum absolute atomic E-state index is 12.6. The van der Waals surface area contributed by atoms with E-state index in [9.17, 15) is 20.0 Å². The Labute approximate surface area is 238 Å². The van der Waals surface area contributed by atoms with E-state index in [2.05, 4.69) is 40.3 Å². The molecule has 0 amide bonds. The van der Waals surface area contributed by atoms with Crippen LogP contribution in [0.1, 0.15) is 35.9 Å². The normalized spacial score (nSPS) is 13.6. The standard InChI is InChI=1S/C31H31ClN4O4/c1-20(2)35-21(3)28(31(37)38)29(30(35)22-7-9-24(32)10-8-22)23-5-4-6-27(19-23)34-17-15-33(16-18-34)25-11-13-26(14-12-25)36(39)40/h4-14,19-20H,15-18H2,1-3H3,(H,37,38). The molecule has 8 nitrogen and oxygen atoms in total. The summed E-state index contributed by atoms with van der Waals surface area (Å²) in [6.45, 7) is 9.05. The lowest BCUT2D eigenvalue weighted by molar-refractivity contribution is -0.384. The van der Waals surface area contributed by atoms with Gasteiger partial charge in [0.05, 0.1) is 16.2 Å². The molecule has 1 N–H and O–H groups in total. The van der Waals surface area contributed by atoms with E-state index in [4.69, 9.17) is 11.6 Å². The molecule has 0 radical (unpaired) electrons. The number of carboxylic acid groups (broad SMARTS) is 1. The number of nitro groups is 1. The second-order valence-corrected chi connectivity index (χ2v) is 10.7. The van der Waals surface area contributed by atoms with Gasteiger partial charge in [-0.15, -0.1) is 0 Å². The summed E-state index contributed by atoms with van der Waals surface area (Å²) in [5.74, 6) is -0.954. The van der Waals surface area contributed by atoms with Gasteiger partial charge < -0.3 is 19.5 Å². The highest BCUT2D eigenvalue weighted by molar-refractivity contribution is 6.30. The zero-order chi connectivity index (χ0) is 28.6. The number of aromatic nitrogens is 1. The molecule has 0 spiro atoms. The molecule has 206 valence electrons. The van der Waals surface area contributed by atoms with E-state index in [1.165, 1.54) is 12.1 Å². The van der Waals surface area contributed by atoms with Crippen LogP contribution in [0.25, 0.3) is 22.4 Å². The van der Waals surface area contributed by atoms with Gasteiger partial charge in [-0.3, -0.25) is 10.1 Å². The van der Waals surface area contributed by atoms with Crippen molar-refractivity contribution < 1.29 is 14.8 Å². The smallest absolute Gasteiger partial charge is 0.338 e. The number of piperazine rings is 1. The SMILES string of the molecule is Cc1c(C(=O)O)c(-c2cccc(N3CCN(c4ccc([N+](=O)[O-])cc4)CC3)c2)c(-c2ccc(Cl)cc2)n1C(C)C. The molecule has 9 heteroatoms. The van der Waals surface area contributed by atoms with Crippen LogP contribution in [-0.2, 0) is 0 Å². The number of hydrogen-bond donors (Lipinski definition) is 1. The van der Waals surface area contributed by atoms with Gasteiger partial charge in [0, 0.05) is 72.0 Å². The number of nitro benzene ring substituents is 1. The van der Waals surface area contributed by atoms with Crippen molar-refractivity contribution in [3.05, 3.63) is 99.2 Å². The highest BCUT2D eigenvalue weighted by Crippen LogP contribution is 2.42. The summed E-state index contributed by atoms with van der Waals surface area (Å²) in [5.41, 5.74) is 6.40. The van der Waals surface area contributed by atoms with Crippen LogP contribution in [0.15, 0.2) is 72.8 Å². The summed E-state index contributed by atoms with van der Waals surface area (Å²) in [7, 11) is 0. The molecular formula is C31H31ClN4O4. The van der Waals surface area contributed by atoms with Gasteiger partial charge in [0.25, 0.3) is 5.69 Å². The number of carboxylic acids is 1. The Balaban J connectivity index is 1.49. The van der Waals surface area contributed by atoms with Gasteiger partial charge in [-0.05, 0) is 68.3 Å². The van der Waals surface area contributed by atoms with Crippen molar-refractivity contribution in [1.29, 1.82) is 0 Å². The van der Waals surface area contributed by atoms with Crippen LogP contribution in [0.3, 0.4) is 0 Å². The third kappa shape index (κ3) is 5.14. The number of hydrogen-bond acceptors (Lipinski definition) is 5. The first-order chi connectivity index (χ1) is 19.2. The van der Waals surface area contributed by atoms with Gasteiger partial charge in [0.1, 0.15) is 0 Å². The maximum atomic E-state index is 12.6. The molecule has 1 fully saturated rings. The lowest BCUT2D eigenvalue weighted by Crippen LogP contribution is -2.46. The molecule has 1 saturated heterocycles. The van der Waals surface area contributed by atoms with Crippen LogP contribution in [0.4, 0.5) is 17.1 Å². The number of halogens is 1. The zero-order valence-corrected chi connectivity index (χ0v) is 23.4. The number of non-ortho nitro benzene ring substituents is 1. The Morgan fingerprint density at radius 3 is 2.05 bits per heavy atom. The van der Waals surface area contributed by atoms with Gasteiger partial charge in [-0.2, -0.15) is 0 Å². The van der Waals surface area contributed by atoms with Gasteiger partial charge in [-0.25, -0.2) is 4.79 Å². The molecule has 1 aromatic heterocycles. The number of aromatic carboxylic acids is 1. The van der Waals surface area contributed by atoms with Crippen LogP contribution in [0, 0.1) is 17.0 Å². The van der Waals surface area contributed by atoms with E-state index in [1.54, 1.807) is 12.1 Å². The lowest BCUT2D eigenvalue weighted by Gasteiger charge is -2.37. The van der Waals surface area contributed by atoms with Crippen molar-refractivity contribution in [3.8, 4) is 22.4 Å². The van der Waals surface area contributed by atoms with E-state index < -0.39 is 5.97 Å². The Bertz CT molecular complexity index is 1550. The Morgan fingerprint density at radius 1 is 0.900 bits per heavy atom. The fraction of sp³-hybridized carbons (Fsp3) is 0.258. The van der Waals surface area contributed by atoms with Crippen molar-refractivity contribution in [1.82, 2.24) is 4.57 Å². The largest absolute Gasteiger partial charge is 0.478 e. The second kappa shape index (κ2) is 11.1. The second-order valence-electron chi connectivity index (χ2n) is 10.3. The van der Waals surface area contributed by atoms with E-state index in [1.807, 2.05) is 43.3 Å².